The number of amides is 1. The second kappa shape index (κ2) is 6.02. The molecule has 1 amide bonds. The Morgan fingerprint density at radius 2 is 2.11 bits per heavy atom. The summed E-state index contributed by atoms with van der Waals surface area (Å²) < 4.78 is 5.00. The number of nitrogens with two attached hydrogens (primary N) is 1. The van der Waals surface area contributed by atoms with Crippen molar-refractivity contribution in [3.05, 3.63) is 23.8 Å². The lowest BCUT2D eigenvalue weighted by molar-refractivity contribution is -0.122. The molecule has 0 spiro atoms. The van der Waals surface area contributed by atoms with Crippen molar-refractivity contribution in [3.63, 3.8) is 0 Å². The van der Waals surface area contributed by atoms with Crippen LogP contribution in [0.1, 0.15) is 17.3 Å². The normalized spacial score (nSPS) is 10.1. The first-order valence-electron chi connectivity index (χ1n) is 5.45. The quantitative estimate of drug-likeness (QED) is 0.761. The van der Waals surface area contributed by atoms with E-state index in [4.69, 9.17) is 15.6 Å². The van der Waals surface area contributed by atoms with Crippen LogP contribution in [-0.2, 0) is 9.53 Å². The zero-order valence-electron chi connectivity index (χ0n) is 10.3. The number of likely N-dealkylation sites (N-methyl/N-ethyl adjacent to an activating group) is 1. The minimum atomic E-state index is -1.17. The van der Waals surface area contributed by atoms with Crippen LogP contribution in [0.3, 0.4) is 0 Å². The number of rotatable bonds is 5. The zero-order chi connectivity index (χ0) is 13.7. The molecule has 0 aromatic heterocycles. The molecule has 0 heterocycles. The van der Waals surface area contributed by atoms with Gasteiger partial charge in [0.05, 0.1) is 5.69 Å². The molecule has 0 saturated heterocycles. The molecular weight excluding hydrogens is 236 g/mol. The molecule has 1 aromatic carbocycles. The van der Waals surface area contributed by atoms with Gasteiger partial charge in [0, 0.05) is 19.3 Å². The molecule has 0 bridgehead atoms. The van der Waals surface area contributed by atoms with Crippen LogP contribution in [-0.4, -0.2) is 37.2 Å². The lowest BCUT2D eigenvalue weighted by Gasteiger charge is -2.20. The summed E-state index contributed by atoms with van der Waals surface area (Å²) in [5.74, 6) is -1.50. The Kier molecular flexibility index (Phi) is 4.67. The Hall–Kier alpha value is -2.08. The third-order valence-corrected chi connectivity index (χ3v) is 2.45. The lowest BCUT2D eigenvalue weighted by Crippen LogP contribution is -2.31. The van der Waals surface area contributed by atoms with Crippen LogP contribution in [0.4, 0.5) is 11.4 Å². The second-order valence-electron chi connectivity index (χ2n) is 3.64. The van der Waals surface area contributed by atoms with Gasteiger partial charge in [0.25, 0.3) is 5.91 Å². The van der Waals surface area contributed by atoms with Crippen molar-refractivity contribution in [2.24, 2.45) is 0 Å². The summed E-state index contributed by atoms with van der Waals surface area (Å²) in [6.07, 6.45) is 0. The van der Waals surface area contributed by atoms with E-state index in [1.165, 1.54) is 24.1 Å². The van der Waals surface area contributed by atoms with E-state index in [2.05, 4.69) is 0 Å². The topological polar surface area (TPSA) is 92.9 Å². The zero-order valence-corrected chi connectivity index (χ0v) is 10.3. The van der Waals surface area contributed by atoms with E-state index in [0.29, 0.717) is 6.61 Å². The molecule has 0 saturated carbocycles. The minimum absolute atomic E-state index is 0.0788. The smallest absolute Gasteiger partial charge is 0.339 e. The SMILES string of the molecule is CCOCC(=O)N(C)c1cccc(N)c1C(=O)O. The molecular formula is C12H16N2O4. The van der Waals surface area contributed by atoms with E-state index in [0.717, 1.165) is 0 Å². The summed E-state index contributed by atoms with van der Waals surface area (Å²) >= 11 is 0. The standard InChI is InChI=1S/C12H16N2O4/c1-3-18-7-10(15)14(2)9-6-4-5-8(13)11(9)12(16)17/h4-6H,3,7,13H2,1-2H3,(H,16,17). The number of hydrogen-bond donors (Lipinski definition) is 2. The van der Waals surface area contributed by atoms with Gasteiger partial charge in [0.2, 0.25) is 0 Å². The molecule has 0 fully saturated rings. The third-order valence-electron chi connectivity index (χ3n) is 2.45. The number of carboxylic acid groups (broad SMARTS) is 1. The predicted molar refractivity (Wildman–Crippen MR) is 67.7 cm³/mol. The van der Waals surface area contributed by atoms with Crippen LogP contribution < -0.4 is 10.6 Å². The first-order chi connectivity index (χ1) is 8.49. The van der Waals surface area contributed by atoms with Crippen molar-refractivity contribution in [1.82, 2.24) is 0 Å². The molecule has 1 rings (SSSR count). The summed E-state index contributed by atoms with van der Waals surface area (Å²) in [7, 11) is 1.49. The Morgan fingerprint density at radius 1 is 1.44 bits per heavy atom. The van der Waals surface area contributed by atoms with Gasteiger partial charge in [-0.05, 0) is 19.1 Å². The monoisotopic (exact) mass is 252 g/mol. The largest absolute Gasteiger partial charge is 0.478 e. The maximum absolute atomic E-state index is 11.8. The van der Waals surface area contributed by atoms with Gasteiger partial charge in [0.15, 0.2) is 0 Å². The van der Waals surface area contributed by atoms with Gasteiger partial charge in [-0.15, -0.1) is 0 Å². The maximum Gasteiger partial charge on any atom is 0.339 e. The Bertz CT molecular complexity index is 459. The molecule has 0 aliphatic heterocycles. The summed E-state index contributed by atoms with van der Waals surface area (Å²) in [5.41, 5.74) is 5.91. The number of anilines is 2. The van der Waals surface area contributed by atoms with Gasteiger partial charge in [-0.3, -0.25) is 4.79 Å². The van der Waals surface area contributed by atoms with Gasteiger partial charge >= 0.3 is 5.97 Å². The van der Waals surface area contributed by atoms with E-state index in [9.17, 15) is 9.59 Å². The molecule has 1 aromatic rings. The molecule has 0 unspecified atom stereocenters. The highest BCUT2D eigenvalue weighted by molar-refractivity contribution is 6.05. The molecule has 0 aliphatic rings. The van der Waals surface area contributed by atoms with Crippen LogP contribution in [0.5, 0.6) is 0 Å². The average molecular weight is 252 g/mol. The molecule has 6 nitrogen and oxygen atoms in total. The third kappa shape index (κ3) is 2.98. The molecule has 0 aliphatic carbocycles. The number of ether oxygens (including phenoxy) is 1. The summed E-state index contributed by atoms with van der Waals surface area (Å²) in [5, 5.41) is 9.10. The fourth-order valence-corrected chi connectivity index (χ4v) is 1.49. The molecule has 98 valence electrons. The first-order valence-corrected chi connectivity index (χ1v) is 5.45. The van der Waals surface area contributed by atoms with Crippen molar-refractivity contribution in [1.29, 1.82) is 0 Å². The van der Waals surface area contributed by atoms with Crippen molar-refractivity contribution < 1.29 is 19.4 Å². The number of nitrogen functional groups attached to an aromatic ring is 1. The number of benzene rings is 1. The van der Waals surface area contributed by atoms with Crippen LogP contribution in [0.15, 0.2) is 18.2 Å². The fourth-order valence-electron chi connectivity index (χ4n) is 1.49. The van der Waals surface area contributed by atoms with E-state index < -0.39 is 5.97 Å². The van der Waals surface area contributed by atoms with E-state index in [-0.39, 0.29) is 29.5 Å². The van der Waals surface area contributed by atoms with Gasteiger partial charge < -0.3 is 20.5 Å². The Morgan fingerprint density at radius 3 is 2.67 bits per heavy atom. The van der Waals surface area contributed by atoms with Crippen molar-refractivity contribution in [2.45, 2.75) is 6.92 Å². The van der Waals surface area contributed by atoms with Crippen molar-refractivity contribution >= 4 is 23.3 Å². The highest BCUT2D eigenvalue weighted by atomic mass is 16.5. The van der Waals surface area contributed by atoms with E-state index >= 15 is 0 Å². The molecule has 0 radical (unpaired) electrons. The van der Waals surface area contributed by atoms with Crippen LogP contribution >= 0.6 is 0 Å². The number of carbonyl (C=O) groups excluding carboxylic acids is 1. The number of carboxylic acids is 1. The predicted octanol–water partition coefficient (Wildman–Crippen LogP) is 0.966. The van der Waals surface area contributed by atoms with Crippen LogP contribution in [0, 0.1) is 0 Å². The molecule has 18 heavy (non-hydrogen) atoms. The highest BCUT2D eigenvalue weighted by Gasteiger charge is 2.20. The number of carbonyl (C=O) groups is 2. The number of aromatic carboxylic acids is 1. The van der Waals surface area contributed by atoms with Gasteiger partial charge in [-0.1, -0.05) is 6.07 Å². The lowest BCUT2D eigenvalue weighted by atomic mass is 10.1. The van der Waals surface area contributed by atoms with Gasteiger partial charge in [0.1, 0.15) is 12.2 Å². The summed E-state index contributed by atoms with van der Waals surface area (Å²) in [6.45, 7) is 2.10. The van der Waals surface area contributed by atoms with Crippen molar-refractivity contribution in [3.8, 4) is 0 Å². The van der Waals surface area contributed by atoms with Crippen LogP contribution in [0.25, 0.3) is 0 Å². The average Bonchev–Trinajstić information content (AvgIpc) is 2.34. The maximum atomic E-state index is 11.8. The highest BCUT2D eigenvalue weighted by Crippen LogP contribution is 2.25. The summed E-state index contributed by atoms with van der Waals surface area (Å²) in [6, 6.07) is 4.61. The van der Waals surface area contributed by atoms with Gasteiger partial charge in [-0.25, -0.2) is 4.79 Å². The molecule has 0 atom stereocenters. The van der Waals surface area contributed by atoms with E-state index in [1.54, 1.807) is 13.0 Å². The molecule has 6 heteroatoms. The summed E-state index contributed by atoms with van der Waals surface area (Å²) in [4.78, 5) is 24.1. The minimum Gasteiger partial charge on any atom is -0.478 e. The van der Waals surface area contributed by atoms with Gasteiger partial charge in [-0.2, -0.15) is 0 Å². The Balaban J connectivity index is 3.05. The number of nitrogens with zero attached hydrogens (tertiary/aromatic N) is 1. The molecule has 3 N–H and O–H groups in total. The van der Waals surface area contributed by atoms with E-state index in [1.807, 2.05) is 0 Å². The van der Waals surface area contributed by atoms with Crippen LogP contribution in [0.2, 0.25) is 0 Å². The fraction of sp³-hybridized carbons (Fsp3) is 0.333. The second-order valence-corrected chi connectivity index (χ2v) is 3.64. The van der Waals surface area contributed by atoms with Crippen molar-refractivity contribution in [2.75, 3.05) is 30.9 Å². The number of hydrogen-bond acceptors (Lipinski definition) is 4. The Labute approximate surface area is 105 Å². The first kappa shape index (κ1) is 14.0.